The minimum atomic E-state index is -0.217. The van der Waals surface area contributed by atoms with Crippen molar-refractivity contribution in [3.63, 3.8) is 0 Å². The van der Waals surface area contributed by atoms with Crippen LogP contribution in [-0.2, 0) is 0 Å². The number of carbonyl (C=O) groups is 1. The Morgan fingerprint density at radius 3 is 2.95 bits per heavy atom. The average molecular weight is 308 g/mol. The van der Waals surface area contributed by atoms with Gasteiger partial charge in [-0.2, -0.15) is 0 Å². The van der Waals surface area contributed by atoms with E-state index in [0.29, 0.717) is 28.7 Å². The number of aliphatic hydroxyl groups excluding tert-OH is 1. The molecule has 1 amide bonds. The minimum Gasteiger partial charge on any atom is -0.451 e. The summed E-state index contributed by atoms with van der Waals surface area (Å²) in [6.45, 7) is 1.94. The molecule has 21 heavy (non-hydrogen) atoms. The lowest BCUT2D eigenvalue weighted by Crippen LogP contribution is -2.37. The summed E-state index contributed by atoms with van der Waals surface area (Å²) in [7, 11) is 0. The molecule has 0 saturated heterocycles. The van der Waals surface area contributed by atoms with E-state index in [-0.39, 0.29) is 18.6 Å². The van der Waals surface area contributed by atoms with E-state index in [2.05, 4.69) is 5.32 Å². The lowest BCUT2D eigenvalue weighted by atomic mass is 10.1. The van der Waals surface area contributed by atoms with Gasteiger partial charge in [-0.05, 0) is 50.3 Å². The lowest BCUT2D eigenvalue weighted by Gasteiger charge is -2.16. The van der Waals surface area contributed by atoms with Crippen LogP contribution >= 0.6 is 11.6 Å². The van der Waals surface area contributed by atoms with Gasteiger partial charge in [-0.15, -0.1) is 0 Å². The molecule has 112 valence electrons. The minimum absolute atomic E-state index is 0.0266. The Hall–Kier alpha value is -1.52. The number of hydrogen-bond acceptors (Lipinski definition) is 3. The number of rotatable bonds is 5. The first kappa shape index (κ1) is 14.4. The quantitative estimate of drug-likeness (QED) is 0.891. The van der Waals surface area contributed by atoms with Crippen LogP contribution < -0.4 is 5.32 Å². The molecule has 0 bridgehead atoms. The van der Waals surface area contributed by atoms with E-state index in [4.69, 9.17) is 21.1 Å². The molecule has 3 rings (SSSR count). The van der Waals surface area contributed by atoms with Gasteiger partial charge in [0.25, 0.3) is 5.91 Å². The molecule has 1 atom stereocenters. The zero-order valence-electron chi connectivity index (χ0n) is 11.9. The maximum absolute atomic E-state index is 12.4. The van der Waals surface area contributed by atoms with E-state index in [1.807, 2.05) is 6.92 Å². The van der Waals surface area contributed by atoms with Crippen molar-refractivity contribution in [1.29, 1.82) is 0 Å². The van der Waals surface area contributed by atoms with Crippen LogP contribution in [0.2, 0.25) is 5.02 Å². The van der Waals surface area contributed by atoms with Crippen LogP contribution in [0.3, 0.4) is 0 Å². The van der Waals surface area contributed by atoms with Gasteiger partial charge in [0.1, 0.15) is 5.58 Å². The van der Waals surface area contributed by atoms with Crippen molar-refractivity contribution in [2.75, 3.05) is 6.61 Å². The standard InChI is InChI=1S/C16H18ClNO3/c1-9-12-8-11(17)4-5-14(12)21-15(9)16(20)18-13(6-7-19)10-2-3-10/h4-5,8,10,13,19H,2-3,6-7H2,1H3,(H,18,20). The van der Waals surface area contributed by atoms with Gasteiger partial charge < -0.3 is 14.8 Å². The van der Waals surface area contributed by atoms with Crippen molar-refractivity contribution >= 4 is 28.5 Å². The predicted molar refractivity (Wildman–Crippen MR) is 81.6 cm³/mol. The van der Waals surface area contributed by atoms with Crippen LogP contribution in [0, 0.1) is 12.8 Å². The predicted octanol–water partition coefficient (Wildman–Crippen LogP) is 3.29. The number of carbonyl (C=O) groups excluding carboxylic acids is 1. The first-order valence-corrected chi connectivity index (χ1v) is 7.58. The number of halogens is 1. The van der Waals surface area contributed by atoms with Gasteiger partial charge in [0.15, 0.2) is 5.76 Å². The summed E-state index contributed by atoms with van der Waals surface area (Å²) in [5.41, 5.74) is 1.45. The van der Waals surface area contributed by atoms with E-state index in [1.165, 1.54) is 0 Å². The molecule has 1 aromatic carbocycles. The maximum Gasteiger partial charge on any atom is 0.287 e. The highest BCUT2D eigenvalue weighted by Gasteiger charge is 2.33. The van der Waals surface area contributed by atoms with Crippen molar-refractivity contribution in [1.82, 2.24) is 5.32 Å². The summed E-state index contributed by atoms with van der Waals surface area (Å²) in [5.74, 6) is 0.598. The third kappa shape index (κ3) is 2.92. The molecule has 0 aliphatic heterocycles. The summed E-state index contributed by atoms with van der Waals surface area (Å²) < 4.78 is 5.66. The Morgan fingerprint density at radius 2 is 2.29 bits per heavy atom. The second kappa shape index (κ2) is 5.70. The highest BCUT2D eigenvalue weighted by molar-refractivity contribution is 6.31. The van der Waals surface area contributed by atoms with Crippen LogP contribution in [0.4, 0.5) is 0 Å². The van der Waals surface area contributed by atoms with Gasteiger partial charge in [0.05, 0.1) is 0 Å². The highest BCUT2D eigenvalue weighted by atomic mass is 35.5. The van der Waals surface area contributed by atoms with Crippen molar-refractivity contribution in [3.05, 3.63) is 34.5 Å². The molecule has 1 aliphatic rings. The summed E-state index contributed by atoms with van der Waals surface area (Å²) in [4.78, 5) is 12.4. The molecule has 1 saturated carbocycles. The van der Waals surface area contributed by atoms with E-state index >= 15 is 0 Å². The second-order valence-electron chi connectivity index (χ2n) is 5.63. The highest BCUT2D eigenvalue weighted by Crippen LogP contribution is 2.34. The smallest absolute Gasteiger partial charge is 0.287 e. The number of furan rings is 1. The van der Waals surface area contributed by atoms with Crippen LogP contribution in [0.15, 0.2) is 22.6 Å². The fourth-order valence-corrected chi connectivity index (χ4v) is 2.88. The van der Waals surface area contributed by atoms with Crippen LogP contribution in [0.1, 0.15) is 35.4 Å². The van der Waals surface area contributed by atoms with Crippen molar-refractivity contribution < 1.29 is 14.3 Å². The topological polar surface area (TPSA) is 62.5 Å². The van der Waals surface area contributed by atoms with Gasteiger partial charge >= 0.3 is 0 Å². The number of nitrogens with one attached hydrogen (secondary N) is 1. The number of aliphatic hydroxyl groups is 1. The Morgan fingerprint density at radius 1 is 1.52 bits per heavy atom. The van der Waals surface area contributed by atoms with E-state index in [0.717, 1.165) is 23.8 Å². The third-order valence-corrected chi connectivity index (χ3v) is 4.29. The molecule has 2 N–H and O–H groups in total. The number of fused-ring (bicyclic) bond motifs is 1. The number of benzene rings is 1. The molecule has 0 spiro atoms. The van der Waals surface area contributed by atoms with Gasteiger partial charge in [-0.25, -0.2) is 0 Å². The first-order chi connectivity index (χ1) is 10.1. The Bertz CT molecular complexity index is 675. The fourth-order valence-electron chi connectivity index (χ4n) is 2.71. The van der Waals surface area contributed by atoms with Crippen molar-refractivity contribution in [2.24, 2.45) is 5.92 Å². The van der Waals surface area contributed by atoms with Crippen molar-refractivity contribution in [2.45, 2.75) is 32.2 Å². The summed E-state index contributed by atoms with van der Waals surface area (Å²) in [6, 6.07) is 5.35. The molecule has 1 aromatic heterocycles. The Labute approximate surface area is 128 Å². The molecule has 1 unspecified atom stereocenters. The Balaban J connectivity index is 1.85. The van der Waals surface area contributed by atoms with Gasteiger partial charge in [0, 0.05) is 28.6 Å². The molecule has 4 nitrogen and oxygen atoms in total. The molecule has 2 aromatic rings. The molecule has 5 heteroatoms. The molecule has 0 radical (unpaired) electrons. The zero-order valence-corrected chi connectivity index (χ0v) is 12.6. The van der Waals surface area contributed by atoms with Crippen LogP contribution in [0.25, 0.3) is 11.0 Å². The molecule has 1 aliphatic carbocycles. The van der Waals surface area contributed by atoms with E-state index < -0.39 is 0 Å². The van der Waals surface area contributed by atoms with E-state index in [9.17, 15) is 4.79 Å². The van der Waals surface area contributed by atoms with Crippen molar-refractivity contribution in [3.8, 4) is 0 Å². The number of amides is 1. The summed E-state index contributed by atoms with van der Waals surface area (Å²) >= 11 is 5.98. The molecular formula is C16H18ClNO3. The first-order valence-electron chi connectivity index (χ1n) is 7.20. The maximum atomic E-state index is 12.4. The fraction of sp³-hybridized carbons (Fsp3) is 0.438. The summed E-state index contributed by atoms with van der Waals surface area (Å²) in [6.07, 6.45) is 2.81. The van der Waals surface area contributed by atoms with Gasteiger partial charge in [-0.3, -0.25) is 4.79 Å². The number of hydrogen-bond donors (Lipinski definition) is 2. The zero-order chi connectivity index (χ0) is 15.0. The Kier molecular flexibility index (Phi) is 3.91. The average Bonchev–Trinajstić information content (AvgIpc) is 3.24. The van der Waals surface area contributed by atoms with Gasteiger partial charge in [-0.1, -0.05) is 11.6 Å². The van der Waals surface area contributed by atoms with Gasteiger partial charge in [0.2, 0.25) is 0 Å². The molecular weight excluding hydrogens is 290 g/mol. The number of aryl methyl sites for hydroxylation is 1. The molecule has 1 fully saturated rings. The monoisotopic (exact) mass is 307 g/mol. The van der Waals surface area contributed by atoms with Crippen LogP contribution in [0.5, 0.6) is 0 Å². The largest absolute Gasteiger partial charge is 0.451 e. The summed E-state index contributed by atoms with van der Waals surface area (Å²) in [5, 5.41) is 13.6. The van der Waals surface area contributed by atoms with Crippen LogP contribution in [-0.4, -0.2) is 23.7 Å². The normalized spacial score (nSPS) is 16.1. The second-order valence-corrected chi connectivity index (χ2v) is 6.06. The lowest BCUT2D eigenvalue weighted by molar-refractivity contribution is 0.0897. The molecule has 1 heterocycles. The third-order valence-electron chi connectivity index (χ3n) is 4.05. The van der Waals surface area contributed by atoms with E-state index in [1.54, 1.807) is 18.2 Å². The SMILES string of the molecule is Cc1c(C(=O)NC(CCO)C2CC2)oc2ccc(Cl)cc12.